The molecule has 2 aromatic rings. The molecule has 1 N–H and O–H groups in total. The second-order valence-corrected chi connectivity index (χ2v) is 7.04. The maximum absolute atomic E-state index is 12.7. The van der Waals surface area contributed by atoms with E-state index in [1.165, 1.54) is 0 Å². The fraction of sp³-hybridized carbons (Fsp3) is 0.474. The lowest BCUT2D eigenvalue weighted by molar-refractivity contribution is -0.142. The number of amides is 1. The van der Waals surface area contributed by atoms with Crippen LogP contribution in [-0.4, -0.2) is 42.1 Å². The smallest absolute Gasteiger partial charge is 0.308 e. The average Bonchev–Trinajstić information content (AvgIpc) is 3.22. The van der Waals surface area contributed by atoms with Crippen molar-refractivity contribution in [2.75, 3.05) is 20.2 Å². The predicted molar refractivity (Wildman–Crippen MR) is 90.4 cm³/mol. The molecule has 0 unspecified atom stereocenters. The number of nitrogens with zero attached hydrogens (tertiary/aromatic N) is 1. The number of ether oxygens (including phenoxy) is 1. The van der Waals surface area contributed by atoms with Gasteiger partial charge in [-0.05, 0) is 36.8 Å². The first-order valence-electron chi connectivity index (χ1n) is 8.61. The minimum absolute atomic E-state index is 0.0343. The van der Waals surface area contributed by atoms with Crippen molar-refractivity contribution in [3.8, 4) is 5.75 Å². The first-order valence-corrected chi connectivity index (χ1v) is 8.61. The van der Waals surface area contributed by atoms with Crippen molar-refractivity contribution in [3.63, 3.8) is 0 Å². The number of likely N-dealkylation sites (tertiary alicyclic amines) is 1. The largest absolute Gasteiger partial charge is 0.497 e. The number of carbonyl (C=O) groups excluding carboxylic acids is 1. The molecular formula is C19H21NO5. The monoisotopic (exact) mass is 343 g/mol. The summed E-state index contributed by atoms with van der Waals surface area (Å²) in [6.07, 6.45) is 4.00. The van der Waals surface area contributed by atoms with Gasteiger partial charge in [0.05, 0.1) is 25.7 Å². The number of rotatable bonds is 5. The van der Waals surface area contributed by atoms with Gasteiger partial charge in [0.2, 0.25) is 5.91 Å². The van der Waals surface area contributed by atoms with Crippen LogP contribution in [-0.2, 0) is 16.0 Å². The summed E-state index contributed by atoms with van der Waals surface area (Å²) in [5, 5.41) is 10.3. The van der Waals surface area contributed by atoms with Gasteiger partial charge in [-0.3, -0.25) is 9.59 Å². The van der Waals surface area contributed by atoms with E-state index in [0.717, 1.165) is 23.8 Å². The summed E-state index contributed by atoms with van der Waals surface area (Å²) in [4.78, 5) is 25.9. The summed E-state index contributed by atoms with van der Waals surface area (Å²) in [5.41, 5.74) is 1.51. The number of fused-ring (bicyclic) bond motifs is 1. The molecule has 4 rings (SSSR count). The van der Waals surface area contributed by atoms with E-state index >= 15 is 0 Å². The molecule has 1 aliphatic heterocycles. The van der Waals surface area contributed by atoms with E-state index in [-0.39, 0.29) is 18.2 Å². The van der Waals surface area contributed by atoms with Gasteiger partial charge >= 0.3 is 5.97 Å². The first-order chi connectivity index (χ1) is 12.1. The summed E-state index contributed by atoms with van der Waals surface area (Å²) >= 11 is 0. The van der Waals surface area contributed by atoms with Crippen LogP contribution in [0.3, 0.4) is 0 Å². The SMILES string of the molecule is COc1ccc2c(CC(=O)N3C[C@H](C(=O)O)[C@@H](C4CC4)C3)coc2c1. The molecule has 2 heterocycles. The molecule has 2 atom stereocenters. The van der Waals surface area contributed by atoms with E-state index in [4.69, 9.17) is 9.15 Å². The zero-order valence-corrected chi connectivity index (χ0v) is 14.1. The highest BCUT2D eigenvalue weighted by atomic mass is 16.5. The Bertz CT molecular complexity index is 822. The van der Waals surface area contributed by atoms with Gasteiger partial charge in [-0.2, -0.15) is 0 Å². The van der Waals surface area contributed by atoms with Gasteiger partial charge in [0, 0.05) is 30.1 Å². The number of hydrogen-bond donors (Lipinski definition) is 1. The van der Waals surface area contributed by atoms with Crippen LogP contribution < -0.4 is 4.74 Å². The van der Waals surface area contributed by atoms with Crippen molar-refractivity contribution in [1.82, 2.24) is 4.90 Å². The number of benzene rings is 1. The van der Waals surface area contributed by atoms with E-state index in [0.29, 0.717) is 30.3 Å². The van der Waals surface area contributed by atoms with Crippen molar-refractivity contribution in [1.29, 1.82) is 0 Å². The second-order valence-electron chi connectivity index (χ2n) is 7.04. The van der Waals surface area contributed by atoms with Crippen LogP contribution in [0.4, 0.5) is 0 Å². The van der Waals surface area contributed by atoms with Crippen molar-refractivity contribution in [3.05, 3.63) is 30.0 Å². The standard InChI is InChI=1S/C19H21NO5/c1-24-13-4-5-14-12(10-25-17(14)7-13)6-18(21)20-8-15(11-2-3-11)16(9-20)19(22)23/h4-5,7,10-11,15-16H,2-3,6,8-9H2,1H3,(H,22,23)/t15-,16+/m1/s1. The van der Waals surface area contributed by atoms with Crippen LogP contribution in [0.2, 0.25) is 0 Å². The zero-order chi connectivity index (χ0) is 17.6. The molecule has 1 amide bonds. The quantitative estimate of drug-likeness (QED) is 0.902. The van der Waals surface area contributed by atoms with Crippen molar-refractivity contribution in [2.45, 2.75) is 19.3 Å². The van der Waals surface area contributed by atoms with Crippen molar-refractivity contribution in [2.24, 2.45) is 17.8 Å². The third kappa shape index (κ3) is 2.97. The van der Waals surface area contributed by atoms with E-state index in [2.05, 4.69) is 0 Å². The Kier molecular flexibility index (Phi) is 3.90. The lowest BCUT2D eigenvalue weighted by Gasteiger charge is -2.16. The highest BCUT2D eigenvalue weighted by Gasteiger charge is 2.46. The third-order valence-corrected chi connectivity index (χ3v) is 5.47. The fourth-order valence-electron chi connectivity index (χ4n) is 3.90. The molecule has 2 aliphatic rings. The number of carboxylic acid groups (broad SMARTS) is 1. The van der Waals surface area contributed by atoms with Crippen molar-refractivity contribution >= 4 is 22.8 Å². The summed E-state index contributed by atoms with van der Waals surface area (Å²) in [7, 11) is 1.59. The number of furan rings is 1. The van der Waals surface area contributed by atoms with Crippen LogP contribution in [0.5, 0.6) is 5.75 Å². The Labute approximate surface area is 145 Å². The molecule has 6 nitrogen and oxygen atoms in total. The van der Waals surface area contributed by atoms with Gasteiger partial charge in [0.25, 0.3) is 0 Å². The molecule has 1 aliphatic carbocycles. The fourth-order valence-corrected chi connectivity index (χ4v) is 3.90. The van der Waals surface area contributed by atoms with Gasteiger partial charge in [-0.15, -0.1) is 0 Å². The van der Waals surface area contributed by atoms with Gasteiger partial charge in [0.1, 0.15) is 11.3 Å². The van der Waals surface area contributed by atoms with E-state index in [1.54, 1.807) is 24.3 Å². The normalized spacial score (nSPS) is 23.2. The Morgan fingerprint density at radius 2 is 2.12 bits per heavy atom. The zero-order valence-electron chi connectivity index (χ0n) is 14.1. The summed E-state index contributed by atoms with van der Waals surface area (Å²) in [6.45, 7) is 0.878. The molecule has 2 fully saturated rings. The molecule has 0 radical (unpaired) electrons. The number of carbonyl (C=O) groups is 2. The van der Waals surface area contributed by atoms with E-state index < -0.39 is 11.9 Å². The number of carboxylic acids is 1. The molecule has 132 valence electrons. The number of methoxy groups -OCH3 is 1. The van der Waals surface area contributed by atoms with E-state index in [9.17, 15) is 14.7 Å². The minimum Gasteiger partial charge on any atom is -0.497 e. The maximum Gasteiger partial charge on any atom is 0.308 e. The number of aliphatic carboxylic acids is 1. The predicted octanol–water partition coefficient (Wildman–Crippen LogP) is 2.55. The van der Waals surface area contributed by atoms with Crippen LogP contribution in [0.25, 0.3) is 11.0 Å². The van der Waals surface area contributed by atoms with Gasteiger partial charge < -0.3 is 19.2 Å². The number of hydrogen-bond acceptors (Lipinski definition) is 4. The lowest BCUT2D eigenvalue weighted by atomic mass is 9.92. The van der Waals surface area contributed by atoms with Crippen LogP contribution >= 0.6 is 0 Å². The third-order valence-electron chi connectivity index (χ3n) is 5.47. The molecule has 1 saturated heterocycles. The average molecular weight is 343 g/mol. The first kappa shape index (κ1) is 16.0. The van der Waals surface area contributed by atoms with Crippen molar-refractivity contribution < 1.29 is 23.8 Å². The Hall–Kier alpha value is -2.50. The van der Waals surface area contributed by atoms with Gasteiger partial charge in [-0.1, -0.05) is 0 Å². The summed E-state index contributed by atoms with van der Waals surface area (Å²) in [6, 6.07) is 5.52. The molecule has 1 aromatic heterocycles. The highest BCUT2D eigenvalue weighted by Crippen LogP contribution is 2.44. The highest BCUT2D eigenvalue weighted by molar-refractivity contribution is 5.88. The Balaban J connectivity index is 1.49. The molecule has 6 heteroatoms. The van der Waals surface area contributed by atoms with E-state index in [1.807, 2.05) is 12.1 Å². The molecular weight excluding hydrogens is 322 g/mol. The summed E-state index contributed by atoms with van der Waals surface area (Å²) in [5.74, 6) is 0.0338. The van der Waals surface area contributed by atoms with Gasteiger partial charge in [0.15, 0.2) is 0 Å². The Morgan fingerprint density at radius 1 is 1.32 bits per heavy atom. The lowest BCUT2D eigenvalue weighted by Crippen LogP contribution is -2.31. The molecule has 1 aromatic carbocycles. The van der Waals surface area contributed by atoms with Gasteiger partial charge in [-0.25, -0.2) is 0 Å². The van der Waals surface area contributed by atoms with Crippen LogP contribution in [0.15, 0.2) is 28.9 Å². The minimum atomic E-state index is -0.784. The molecule has 25 heavy (non-hydrogen) atoms. The van der Waals surface area contributed by atoms with Crippen LogP contribution in [0, 0.1) is 17.8 Å². The molecule has 1 saturated carbocycles. The Morgan fingerprint density at radius 3 is 2.80 bits per heavy atom. The molecule has 0 spiro atoms. The molecule has 0 bridgehead atoms. The maximum atomic E-state index is 12.7. The topological polar surface area (TPSA) is 80.0 Å². The van der Waals surface area contributed by atoms with Crippen LogP contribution in [0.1, 0.15) is 18.4 Å². The summed E-state index contributed by atoms with van der Waals surface area (Å²) < 4.78 is 10.7. The second kappa shape index (κ2) is 6.10.